The number of hydrogen-bond acceptors (Lipinski definition) is 3. The minimum atomic E-state index is 0.136. The Morgan fingerprint density at radius 2 is 1.71 bits per heavy atom. The van der Waals surface area contributed by atoms with Gasteiger partial charge in [-0.15, -0.1) is 0 Å². The molecular weight excluding hydrogens is 258 g/mol. The van der Waals surface area contributed by atoms with Gasteiger partial charge in [0.15, 0.2) is 0 Å². The van der Waals surface area contributed by atoms with Crippen molar-refractivity contribution in [3.63, 3.8) is 0 Å². The first-order valence-electron chi connectivity index (χ1n) is 8.13. The van der Waals surface area contributed by atoms with Gasteiger partial charge in [-0.3, -0.25) is 0 Å². The Hall–Kier alpha value is -1.09. The summed E-state index contributed by atoms with van der Waals surface area (Å²) in [6, 6.07) is 4.22. The minimum absolute atomic E-state index is 0.136. The Kier molecular flexibility index (Phi) is 6.66. The fourth-order valence-corrected chi connectivity index (χ4v) is 2.51. The molecule has 3 nitrogen and oxygen atoms in total. The second kappa shape index (κ2) is 7.79. The zero-order valence-electron chi connectivity index (χ0n) is 14.8. The highest BCUT2D eigenvalue weighted by Gasteiger charge is 2.17. The zero-order valence-corrected chi connectivity index (χ0v) is 14.8. The normalized spacial score (nSPS) is 12.5. The van der Waals surface area contributed by atoms with E-state index in [-0.39, 0.29) is 5.54 Å². The van der Waals surface area contributed by atoms with Crippen molar-refractivity contribution < 1.29 is 0 Å². The van der Waals surface area contributed by atoms with Gasteiger partial charge in [0, 0.05) is 24.8 Å². The number of rotatable bonds is 7. The molecule has 2 N–H and O–H groups in total. The van der Waals surface area contributed by atoms with Crippen molar-refractivity contribution in [3.05, 3.63) is 23.9 Å². The van der Waals surface area contributed by atoms with Crippen LogP contribution in [0.4, 0.5) is 5.82 Å². The van der Waals surface area contributed by atoms with Crippen LogP contribution in [0, 0.1) is 17.8 Å². The molecule has 0 saturated heterocycles. The second-order valence-corrected chi connectivity index (χ2v) is 7.69. The predicted octanol–water partition coefficient (Wildman–Crippen LogP) is 4.31. The third kappa shape index (κ3) is 6.94. The third-order valence-electron chi connectivity index (χ3n) is 3.88. The molecule has 0 radical (unpaired) electrons. The summed E-state index contributed by atoms with van der Waals surface area (Å²) in [5, 5.41) is 7.02. The molecule has 1 heterocycles. The quantitative estimate of drug-likeness (QED) is 0.786. The summed E-state index contributed by atoms with van der Waals surface area (Å²) in [6.45, 7) is 17.6. The van der Waals surface area contributed by atoms with Crippen molar-refractivity contribution >= 4 is 5.82 Å². The van der Waals surface area contributed by atoms with Crippen LogP contribution in [0.3, 0.4) is 0 Å². The number of pyridine rings is 1. The van der Waals surface area contributed by atoms with E-state index < -0.39 is 0 Å². The van der Waals surface area contributed by atoms with Gasteiger partial charge in [0.1, 0.15) is 5.82 Å². The summed E-state index contributed by atoms with van der Waals surface area (Å²) in [6.07, 6.45) is 1.89. The van der Waals surface area contributed by atoms with Gasteiger partial charge in [0.25, 0.3) is 0 Å². The molecule has 0 aliphatic rings. The molecule has 3 heteroatoms. The number of anilines is 1. The van der Waals surface area contributed by atoms with Crippen molar-refractivity contribution in [3.8, 4) is 0 Å². The van der Waals surface area contributed by atoms with Crippen LogP contribution >= 0.6 is 0 Å². The van der Waals surface area contributed by atoms with Gasteiger partial charge >= 0.3 is 0 Å². The smallest absolute Gasteiger partial charge is 0.126 e. The van der Waals surface area contributed by atoms with Gasteiger partial charge in [-0.1, -0.05) is 27.7 Å². The molecule has 21 heavy (non-hydrogen) atoms. The third-order valence-corrected chi connectivity index (χ3v) is 3.88. The maximum absolute atomic E-state index is 4.44. The van der Waals surface area contributed by atoms with Gasteiger partial charge in [-0.25, -0.2) is 4.98 Å². The number of nitrogens with zero attached hydrogens (tertiary/aromatic N) is 1. The van der Waals surface area contributed by atoms with Crippen LogP contribution in [-0.2, 0) is 6.54 Å². The average molecular weight is 291 g/mol. The Bertz CT molecular complexity index is 411. The van der Waals surface area contributed by atoms with Crippen molar-refractivity contribution in [2.24, 2.45) is 17.8 Å². The molecular formula is C18H33N3. The van der Waals surface area contributed by atoms with Crippen LogP contribution in [0.1, 0.15) is 54.0 Å². The molecule has 0 amide bonds. The molecule has 0 aliphatic heterocycles. The lowest BCUT2D eigenvalue weighted by Gasteiger charge is -2.25. The van der Waals surface area contributed by atoms with Crippen molar-refractivity contribution in [1.82, 2.24) is 10.3 Å². The highest BCUT2D eigenvalue weighted by molar-refractivity contribution is 5.37. The maximum atomic E-state index is 4.44. The molecule has 1 aromatic heterocycles. The van der Waals surface area contributed by atoms with Crippen LogP contribution in [0.5, 0.6) is 0 Å². The molecule has 0 unspecified atom stereocenters. The number of aromatic nitrogens is 1. The summed E-state index contributed by atoms with van der Waals surface area (Å²) in [5.41, 5.74) is 1.41. The van der Waals surface area contributed by atoms with E-state index >= 15 is 0 Å². The van der Waals surface area contributed by atoms with Crippen molar-refractivity contribution in [2.75, 3.05) is 11.9 Å². The van der Waals surface area contributed by atoms with E-state index in [1.807, 2.05) is 6.20 Å². The van der Waals surface area contributed by atoms with Crippen LogP contribution in [0.25, 0.3) is 0 Å². The second-order valence-electron chi connectivity index (χ2n) is 7.69. The van der Waals surface area contributed by atoms with Gasteiger partial charge in [-0.2, -0.15) is 0 Å². The fraction of sp³-hybridized carbons (Fsp3) is 0.722. The van der Waals surface area contributed by atoms with E-state index in [1.54, 1.807) is 0 Å². The van der Waals surface area contributed by atoms with Crippen LogP contribution in [0.2, 0.25) is 0 Å². The summed E-state index contributed by atoms with van der Waals surface area (Å²) >= 11 is 0. The Morgan fingerprint density at radius 3 is 2.24 bits per heavy atom. The molecule has 0 bridgehead atoms. The molecule has 0 aliphatic carbocycles. The average Bonchev–Trinajstić information content (AvgIpc) is 2.35. The minimum Gasteiger partial charge on any atom is -0.370 e. The topological polar surface area (TPSA) is 37.0 Å². The Balaban J connectivity index is 2.60. The van der Waals surface area contributed by atoms with Gasteiger partial charge in [0.05, 0.1) is 0 Å². The largest absolute Gasteiger partial charge is 0.370 e. The predicted molar refractivity (Wildman–Crippen MR) is 92.5 cm³/mol. The standard InChI is InChI=1S/C18H33N3/c1-13(2)16(14(3)4)12-20-17-10-15(8-9-19-17)11-21-18(5,6)7/h8-10,13-14,16,21H,11-12H2,1-7H3,(H,19,20). The van der Waals surface area contributed by atoms with Crippen LogP contribution in [-0.4, -0.2) is 17.1 Å². The summed E-state index contributed by atoms with van der Waals surface area (Å²) < 4.78 is 0. The van der Waals surface area contributed by atoms with E-state index in [1.165, 1.54) is 5.56 Å². The van der Waals surface area contributed by atoms with Crippen LogP contribution in [0.15, 0.2) is 18.3 Å². The van der Waals surface area contributed by atoms with E-state index in [0.717, 1.165) is 18.9 Å². The highest BCUT2D eigenvalue weighted by Crippen LogP contribution is 2.21. The summed E-state index contributed by atoms with van der Waals surface area (Å²) in [5.74, 6) is 3.02. The Labute approximate surface area is 130 Å². The molecule has 0 aromatic carbocycles. The summed E-state index contributed by atoms with van der Waals surface area (Å²) in [7, 11) is 0. The van der Waals surface area contributed by atoms with E-state index in [0.29, 0.717) is 17.8 Å². The van der Waals surface area contributed by atoms with Gasteiger partial charge in [0.2, 0.25) is 0 Å². The van der Waals surface area contributed by atoms with Gasteiger partial charge in [-0.05, 0) is 56.2 Å². The maximum Gasteiger partial charge on any atom is 0.126 e. The molecule has 0 saturated carbocycles. The molecule has 1 rings (SSSR count). The van der Waals surface area contributed by atoms with E-state index in [4.69, 9.17) is 0 Å². The lowest BCUT2D eigenvalue weighted by molar-refractivity contribution is 0.304. The van der Waals surface area contributed by atoms with E-state index in [9.17, 15) is 0 Å². The molecule has 0 fully saturated rings. The first kappa shape index (κ1) is 18.0. The first-order chi connectivity index (χ1) is 9.69. The van der Waals surface area contributed by atoms with Crippen molar-refractivity contribution in [2.45, 2.75) is 60.5 Å². The summed E-state index contributed by atoms with van der Waals surface area (Å²) in [4.78, 5) is 4.44. The number of hydrogen-bond donors (Lipinski definition) is 2. The van der Waals surface area contributed by atoms with Crippen molar-refractivity contribution in [1.29, 1.82) is 0 Å². The highest BCUT2D eigenvalue weighted by atomic mass is 15.0. The fourth-order valence-electron chi connectivity index (χ4n) is 2.51. The lowest BCUT2D eigenvalue weighted by Crippen LogP contribution is -2.35. The number of nitrogens with one attached hydrogen (secondary N) is 2. The Morgan fingerprint density at radius 1 is 1.10 bits per heavy atom. The zero-order chi connectivity index (χ0) is 16.0. The lowest BCUT2D eigenvalue weighted by atomic mass is 9.85. The molecule has 120 valence electrons. The SMILES string of the molecule is CC(C)C(CNc1cc(CNC(C)(C)C)ccn1)C(C)C. The van der Waals surface area contributed by atoms with E-state index in [2.05, 4.69) is 76.2 Å². The molecule has 0 spiro atoms. The first-order valence-corrected chi connectivity index (χ1v) is 8.13. The van der Waals surface area contributed by atoms with Gasteiger partial charge < -0.3 is 10.6 Å². The monoisotopic (exact) mass is 291 g/mol. The van der Waals surface area contributed by atoms with Crippen LogP contribution < -0.4 is 10.6 Å². The molecule has 1 aromatic rings. The molecule has 0 atom stereocenters.